The van der Waals surface area contributed by atoms with Gasteiger partial charge >= 0.3 is 8.80 Å². The summed E-state index contributed by atoms with van der Waals surface area (Å²) in [5.74, 6) is 0. The van der Waals surface area contributed by atoms with Crippen molar-refractivity contribution in [3.63, 3.8) is 0 Å². The van der Waals surface area contributed by atoms with Crippen LogP contribution < -0.4 is 0 Å². The number of aliphatic imine (C=N–C) groups is 1. The molecule has 0 aromatic carbocycles. The van der Waals surface area contributed by atoms with Crippen molar-refractivity contribution in [2.75, 3.05) is 26.4 Å². The number of hydrogen-bond acceptors (Lipinski definition) is 5. The molecule has 15 heavy (non-hydrogen) atoms. The Morgan fingerprint density at radius 2 is 1.53 bits per heavy atom. The third kappa shape index (κ3) is 5.81. The van der Waals surface area contributed by atoms with E-state index >= 15 is 0 Å². The number of rotatable bonds is 9. The van der Waals surface area contributed by atoms with Gasteiger partial charge in [0.2, 0.25) is 6.08 Å². The smallest absolute Gasteiger partial charge is 0.374 e. The van der Waals surface area contributed by atoms with Crippen molar-refractivity contribution in [3.8, 4) is 0 Å². The van der Waals surface area contributed by atoms with Crippen molar-refractivity contribution < 1.29 is 18.1 Å². The lowest BCUT2D eigenvalue weighted by atomic mass is 10.8. The second-order valence-electron chi connectivity index (χ2n) is 2.71. The van der Waals surface area contributed by atoms with Gasteiger partial charge in [0, 0.05) is 25.9 Å². The second kappa shape index (κ2) is 8.76. The van der Waals surface area contributed by atoms with Gasteiger partial charge in [-0.25, -0.2) is 9.79 Å². The Morgan fingerprint density at radius 1 is 1.07 bits per heavy atom. The molecule has 88 valence electrons. The van der Waals surface area contributed by atoms with E-state index in [-0.39, 0.29) is 0 Å². The van der Waals surface area contributed by atoms with Crippen molar-refractivity contribution in [1.82, 2.24) is 0 Å². The minimum absolute atomic E-state index is 0.343. The monoisotopic (exact) mass is 233 g/mol. The van der Waals surface area contributed by atoms with Crippen LogP contribution in [0.3, 0.4) is 0 Å². The SMILES string of the molecule is CCO[Si](CCN=C=O)(OCC)OCC. The zero-order valence-corrected chi connectivity index (χ0v) is 10.6. The third-order valence-electron chi connectivity index (χ3n) is 1.69. The summed E-state index contributed by atoms with van der Waals surface area (Å²) in [5.41, 5.74) is 0. The molecule has 0 aromatic heterocycles. The van der Waals surface area contributed by atoms with Crippen LogP contribution in [-0.4, -0.2) is 41.2 Å². The molecule has 0 saturated heterocycles. The number of carbonyl (C=O) groups excluding carboxylic acids is 1. The van der Waals surface area contributed by atoms with Gasteiger partial charge in [-0.2, -0.15) is 0 Å². The molecular weight excluding hydrogens is 214 g/mol. The van der Waals surface area contributed by atoms with Gasteiger partial charge in [0.1, 0.15) is 0 Å². The highest BCUT2D eigenvalue weighted by Crippen LogP contribution is 2.15. The van der Waals surface area contributed by atoms with E-state index in [1.54, 1.807) is 0 Å². The van der Waals surface area contributed by atoms with Gasteiger partial charge < -0.3 is 13.3 Å². The average Bonchev–Trinajstić information content (AvgIpc) is 2.19. The lowest BCUT2D eigenvalue weighted by Gasteiger charge is -2.27. The molecule has 0 aromatic rings. The fourth-order valence-electron chi connectivity index (χ4n) is 1.24. The van der Waals surface area contributed by atoms with E-state index in [1.165, 1.54) is 6.08 Å². The Kier molecular flexibility index (Phi) is 8.45. The summed E-state index contributed by atoms with van der Waals surface area (Å²) in [5, 5.41) is 0. The summed E-state index contributed by atoms with van der Waals surface area (Å²) in [4.78, 5) is 13.5. The predicted molar refractivity (Wildman–Crippen MR) is 58.4 cm³/mol. The molecule has 5 nitrogen and oxygen atoms in total. The lowest BCUT2D eigenvalue weighted by Crippen LogP contribution is -2.46. The molecule has 0 N–H and O–H groups in total. The Balaban J connectivity index is 4.36. The molecular formula is C9H19NO4Si. The van der Waals surface area contributed by atoms with Crippen molar-refractivity contribution in [1.29, 1.82) is 0 Å². The number of hydrogen-bond donors (Lipinski definition) is 0. The fourth-order valence-corrected chi connectivity index (χ4v) is 3.63. The molecule has 0 amide bonds. The van der Waals surface area contributed by atoms with Gasteiger partial charge in [0.05, 0.1) is 6.54 Å². The normalized spacial score (nSPS) is 11.1. The summed E-state index contributed by atoms with van der Waals surface area (Å²) in [6.07, 6.45) is 1.50. The second-order valence-corrected chi connectivity index (χ2v) is 5.44. The maximum Gasteiger partial charge on any atom is 0.502 e. The van der Waals surface area contributed by atoms with Gasteiger partial charge in [0.15, 0.2) is 0 Å². The molecule has 0 aliphatic heterocycles. The Hall–Kier alpha value is -0.523. The van der Waals surface area contributed by atoms with Crippen LogP contribution in [0.1, 0.15) is 20.8 Å². The number of nitrogens with zero attached hydrogens (tertiary/aromatic N) is 1. The van der Waals surface area contributed by atoms with E-state index in [1.807, 2.05) is 20.8 Å². The topological polar surface area (TPSA) is 57.1 Å². The highest BCUT2D eigenvalue weighted by molar-refractivity contribution is 6.60. The zero-order valence-electron chi connectivity index (χ0n) is 9.62. The van der Waals surface area contributed by atoms with Crippen LogP contribution >= 0.6 is 0 Å². The summed E-state index contributed by atoms with van der Waals surface area (Å²) < 4.78 is 16.7. The minimum atomic E-state index is -2.61. The van der Waals surface area contributed by atoms with Crippen molar-refractivity contribution in [3.05, 3.63) is 0 Å². The fraction of sp³-hybridized carbons (Fsp3) is 0.889. The van der Waals surface area contributed by atoms with Crippen LogP contribution in [-0.2, 0) is 18.1 Å². The first kappa shape index (κ1) is 14.5. The van der Waals surface area contributed by atoms with Crippen molar-refractivity contribution in [2.45, 2.75) is 26.8 Å². The summed E-state index contributed by atoms with van der Waals surface area (Å²) in [6, 6.07) is 0.526. The van der Waals surface area contributed by atoms with Crippen LogP contribution in [0.4, 0.5) is 0 Å². The standard InChI is InChI=1S/C9H19NO4Si/c1-4-12-15(13-5-2,14-6-3)8-7-10-9-11/h4-8H2,1-3H3. The molecule has 0 radical (unpaired) electrons. The van der Waals surface area contributed by atoms with E-state index in [4.69, 9.17) is 13.3 Å². The Labute approximate surface area is 91.8 Å². The van der Waals surface area contributed by atoms with Crippen LogP contribution in [0.5, 0.6) is 0 Å². The summed E-state index contributed by atoms with van der Waals surface area (Å²) in [7, 11) is -2.61. The molecule has 0 heterocycles. The zero-order chi connectivity index (χ0) is 11.6. The molecule has 0 aliphatic rings. The van der Waals surface area contributed by atoms with Crippen LogP contribution in [0.25, 0.3) is 0 Å². The Bertz CT molecular complexity index is 189. The maximum atomic E-state index is 9.97. The number of isocyanates is 1. The van der Waals surface area contributed by atoms with Crippen LogP contribution in [0, 0.1) is 0 Å². The first-order valence-electron chi connectivity index (χ1n) is 5.20. The van der Waals surface area contributed by atoms with Gasteiger partial charge in [-0.05, 0) is 20.8 Å². The molecule has 0 rings (SSSR count). The van der Waals surface area contributed by atoms with Crippen molar-refractivity contribution in [2.24, 2.45) is 4.99 Å². The van der Waals surface area contributed by atoms with E-state index in [2.05, 4.69) is 4.99 Å². The van der Waals surface area contributed by atoms with E-state index in [0.717, 1.165) is 0 Å². The first-order chi connectivity index (χ1) is 7.24. The van der Waals surface area contributed by atoms with Crippen molar-refractivity contribution >= 4 is 14.9 Å². The minimum Gasteiger partial charge on any atom is -0.374 e. The summed E-state index contributed by atoms with van der Waals surface area (Å²) in [6.45, 7) is 7.63. The quantitative estimate of drug-likeness (QED) is 0.343. The van der Waals surface area contributed by atoms with Gasteiger partial charge in [-0.3, -0.25) is 0 Å². The predicted octanol–water partition coefficient (Wildman–Crippen LogP) is 1.37. The average molecular weight is 233 g/mol. The lowest BCUT2D eigenvalue weighted by molar-refractivity contribution is 0.0720. The molecule has 0 atom stereocenters. The molecule has 0 saturated carbocycles. The van der Waals surface area contributed by atoms with E-state index in [0.29, 0.717) is 32.4 Å². The molecule has 0 unspecified atom stereocenters. The summed E-state index contributed by atoms with van der Waals surface area (Å²) >= 11 is 0. The van der Waals surface area contributed by atoms with Crippen LogP contribution in [0.15, 0.2) is 4.99 Å². The highest BCUT2D eigenvalue weighted by Gasteiger charge is 2.39. The van der Waals surface area contributed by atoms with Gasteiger partial charge in [-0.15, -0.1) is 0 Å². The molecule has 0 fully saturated rings. The van der Waals surface area contributed by atoms with Gasteiger partial charge in [0.25, 0.3) is 0 Å². The molecule has 0 spiro atoms. The van der Waals surface area contributed by atoms with E-state index < -0.39 is 8.80 Å². The first-order valence-corrected chi connectivity index (χ1v) is 7.13. The molecule has 6 heteroatoms. The van der Waals surface area contributed by atoms with Crippen LogP contribution in [0.2, 0.25) is 6.04 Å². The molecule has 0 aliphatic carbocycles. The molecule has 0 bridgehead atoms. The maximum absolute atomic E-state index is 9.97. The van der Waals surface area contributed by atoms with E-state index in [9.17, 15) is 4.79 Å². The largest absolute Gasteiger partial charge is 0.502 e. The van der Waals surface area contributed by atoms with Gasteiger partial charge in [-0.1, -0.05) is 0 Å². The highest BCUT2D eigenvalue weighted by atomic mass is 28.4. The Morgan fingerprint density at radius 3 is 1.87 bits per heavy atom. The third-order valence-corrected chi connectivity index (χ3v) is 4.71.